The number of nitrogens with one attached hydrogen (secondary N) is 1. The molecule has 2 aromatic carbocycles. The van der Waals surface area contributed by atoms with E-state index in [1.165, 1.54) is 0 Å². The normalized spacial score (nSPS) is 11.2. The number of carbonyl (C=O) groups is 1. The molecule has 0 aliphatic rings. The van der Waals surface area contributed by atoms with Gasteiger partial charge in [-0.05, 0) is 32.0 Å². The molecule has 0 radical (unpaired) electrons. The molecule has 0 saturated heterocycles. The number of hydrogen-bond acceptors (Lipinski definition) is 2. The van der Waals surface area contributed by atoms with Crippen LogP contribution in [0.25, 0.3) is 0 Å². The van der Waals surface area contributed by atoms with Crippen molar-refractivity contribution < 1.29 is 4.79 Å². The molecule has 1 N–H and O–H groups in total. The lowest BCUT2D eigenvalue weighted by molar-refractivity contribution is -0.138. The van der Waals surface area contributed by atoms with Crippen molar-refractivity contribution in [3.8, 4) is 0 Å². The summed E-state index contributed by atoms with van der Waals surface area (Å²) in [6.07, 6.45) is 0. The van der Waals surface area contributed by atoms with Crippen LogP contribution in [-0.2, 0) is 17.9 Å². The minimum absolute atomic E-state index is 0.0997. The number of likely N-dealkylation sites (N-methyl/N-ethyl adjacent to an activating group) is 1. The van der Waals surface area contributed by atoms with Gasteiger partial charge in [0.25, 0.3) is 0 Å². The number of amides is 1. The SMILES string of the molecule is CNC(C)(C)C(=O)N(Cc1ccccc1)Cc1ccccc1. The molecule has 0 atom stereocenters. The zero-order valence-electron chi connectivity index (χ0n) is 13.5. The molecule has 0 aliphatic carbocycles. The predicted molar refractivity (Wildman–Crippen MR) is 90.3 cm³/mol. The Hall–Kier alpha value is -2.13. The van der Waals surface area contributed by atoms with Crippen molar-refractivity contribution in [3.63, 3.8) is 0 Å². The molecule has 3 nitrogen and oxygen atoms in total. The van der Waals surface area contributed by atoms with E-state index in [4.69, 9.17) is 0 Å². The first-order valence-electron chi connectivity index (χ1n) is 7.59. The molecule has 0 spiro atoms. The fraction of sp³-hybridized carbons (Fsp3) is 0.316. The quantitative estimate of drug-likeness (QED) is 0.887. The molecule has 0 bridgehead atoms. The van der Waals surface area contributed by atoms with E-state index in [0.717, 1.165) is 11.1 Å². The number of benzene rings is 2. The van der Waals surface area contributed by atoms with Gasteiger partial charge >= 0.3 is 0 Å². The Morgan fingerprint density at radius 3 is 1.68 bits per heavy atom. The molecule has 0 aliphatic heterocycles. The van der Waals surface area contributed by atoms with Gasteiger partial charge in [-0.25, -0.2) is 0 Å². The maximum atomic E-state index is 12.9. The standard InChI is InChI=1S/C19H24N2O/c1-19(2,20-3)18(22)21(14-16-10-6-4-7-11-16)15-17-12-8-5-9-13-17/h4-13,20H,14-15H2,1-3H3. The van der Waals surface area contributed by atoms with Gasteiger partial charge in [0.1, 0.15) is 0 Å². The average molecular weight is 296 g/mol. The molecule has 116 valence electrons. The third-order valence-electron chi connectivity index (χ3n) is 3.88. The monoisotopic (exact) mass is 296 g/mol. The summed E-state index contributed by atoms with van der Waals surface area (Å²) in [7, 11) is 1.82. The van der Waals surface area contributed by atoms with E-state index in [1.54, 1.807) is 0 Å². The van der Waals surface area contributed by atoms with Crippen molar-refractivity contribution in [1.82, 2.24) is 10.2 Å². The van der Waals surface area contributed by atoms with Crippen LogP contribution in [0.4, 0.5) is 0 Å². The highest BCUT2D eigenvalue weighted by Crippen LogP contribution is 2.15. The molecule has 0 heterocycles. The van der Waals surface area contributed by atoms with E-state index in [1.807, 2.05) is 62.2 Å². The lowest BCUT2D eigenvalue weighted by Crippen LogP contribution is -2.52. The molecule has 0 aromatic heterocycles. The summed E-state index contributed by atoms with van der Waals surface area (Å²) in [5.74, 6) is 0.0997. The lowest BCUT2D eigenvalue weighted by Gasteiger charge is -2.32. The number of carbonyl (C=O) groups excluding carboxylic acids is 1. The van der Waals surface area contributed by atoms with E-state index in [2.05, 4.69) is 29.6 Å². The molecular formula is C19H24N2O. The summed E-state index contributed by atoms with van der Waals surface area (Å²) in [5.41, 5.74) is 1.70. The number of nitrogens with zero attached hydrogens (tertiary/aromatic N) is 1. The van der Waals surface area contributed by atoms with Crippen LogP contribution in [0.5, 0.6) is 0 Å². The van der Waals surface area contributed by atoms with E-state index in [0.29, 0.717) is 13.1 Å². The molecule has 0 unspecified atom stereocenters. The average Bonchev–Trinajstić information content (AvgIpc) is 2.55. The maximum Gasteiger partial charge on any atom is 0.242 e. The minimum atomic E-state index is -0.580. The third-order valence-corrected chi connectivity index (χ3v) is 3.88. The first kappa shape index (κ1) is 16.2. The Kier molecular flexibility index (Phi) is 5.34. The maximum absolute atomic E-state index is 12.9. The summed E-state index contributed by atoms with van der Waals surface area (Å²) < 4.78 is 0. The van der Waals surface area contributed by atoms with Crippen molar-refractivity contribution in [2.75, 3.05) is 7.05 Å². The van der Waals surface area contributed by atoms with Crippen molar-refractivity contribution in [3.05, 3.63) is 71.8 Å². The van der Waals surface area contributed by atoms with Crippen molar-refractivity contribution >= 4 is 5.91 Å². The van der Waals surface area contributed by atoms with Gasteiger partial charge in [0.2, 0.25) is 5.91 Å². The van der Waals surface area contributed by atoms with Crippen LogP contribution in [0.15, 0.2) is 60.7 Å². The molecule has 0 saturated carbocycles. The summed E-state index contributed by atoms with van der Waals surface area (Å²) in [6.45, 7) is 5.05. The molecule has 0 fully saturated rings. The van der Waals surface area contributed by atoms with Gasteiger partial charge in [-0.2, -0.15) is 0 Å². The summed E-state index contributed by atoms with van der Waals surface area (Å²) in [6, 6.07) is 20.2. The van der Waals surface area contributed by atoms with Gasteiger partial charge < -0.3 is 10.2 Å². The largest absolute Gasteiger partial charge is 0.332 e. The van der Waals surface area contributed by atoms with Gasteiger partial charge in [-0.15, -0.1) is 0 Å². The molecule has 2 rings (SSSR count). The third kappa shape index (κ3) is 4.18. The second-order valence-corrected chi connectivity index (χ2v) is 6.01. The molecule has 3 heteroatoms. The second kappa shape index (κ2) is 7.23. The topological polar surface area (TPSA) is 32.3 Å². The van der Waals surface area contributed by atoms with Gasteiger partial charge in [-0.3, -0.25) is 4.79 Å². The molecule has 2 aromatic rings. The highest BCUT2D eigenvalue weighted by atomic mass is 16.2. The van der Waals surface area contributed by atoms with Gasteiger partial charge in [0, 0.05) is 13.1 Å². The van der Waals surface area contributed by atoms with Crippen molar-refractivity contribution in [2.24, 2.45) is 0 Å². The highest BCUT2D eigenvalue weighted by molar-refractivity contribution is 5.85. The van der Waals surface area contributed by atoms with Crippen LogP contribution < -0.4 is 5.32 Å². The van der Waals surface area contributed by atoms with E-state index >= 15 is 0 Å². The van der Waals surface area contributed by atoms with Crippen LogP contribution in [-0.4, -0.2) is 23.4 Å². The lowest BCUT2D eigenvalue weighted by atomic mass is 10.0. The Labute approximate surface area is 133 Å². The van der Waals surface area contributed by atoms with E-state index < -0.39 is 5.54 Å². The zero-order chi connectivity index (χ0) is 16.0. The fourth-order valence-corrected chi connectivity index (χ4v) is 2.31. The fourth-order valence-electron chi connectivity index (χ4n) is 2.31. The summed E-state index contributed by atoms with van der Waals surface area (Å²) in [4.78, 5) is 14.8. The van der Waals surface area contributed by atoms with Crippen LogP contribution in [0.1, 0.15) is 25.0 Å². The van der Waals surface area contributed by atoms with Crippen LogP contribution >= 0.6 is 0 Å². The predicted octanol–water partition coefficient (Wildman–Crippen LogP) is 3.21. The molecule has 1 amide bonds. The van der Waals surface area contributed by atoms with Crippen LogP contribution in [0.2, 0.25) is 0 Å². The summed E-state index contributed by atoms with van der Waals surface area (Å²) >= 11 is 0. The smallest absolute Gasteiger partial charge is 0.242 e. The Balaban J connectivity index is 2.22. The van der Waals surface area contributed by atoms with Gasteiger partial charge in [0.15, 0.2) is 0 Å². The Bertz CT molecular complexity index is 552. The van der Waals surface area contributed by atoms with Crippen LogP contribution in [0, 0.1) is 0 Å². The van der Waals surface area contributed by atoms with Crippen molar-refractivity contribution in [1.29, 1.82) is 0 Å². The van der Waals surface area contributed by atoms with Gasteiger partial charge in [-0.1, -0.05) is 60.7 Å². The Morgan fingerprint density at radius 2 is 1.32 bits per heavy atom. The first-order chi connectivity index (χ1) is 10.5. The minimum Gasteiger partial charge on any atom is -0.332 e. The first-order valence-corrected chi connectivity index (χ1v) is 7.59. The Morgan fingerprint density at radius 1 is 0.909 bits per heavy atom. The number of rotatable bonds is 6. The summed E-state index contributed by atoms with van der Waals surface area (Å²) in [5, 5.41) is 3.10. The highest BCUT2D eigenvalue weighted by Gasteiger charge is 2.30. The van der Waals surface area contributed by atoms with E-state index in [9.17, 15) is 4.79 Å². The van der Waals surface area contributed by atoms with Crippen LogP contribution in [0.3, 0.4) is 0 Å². The molecular weight excluding hydrogens is 272 g/mol. The zero-order valence-corrected chi connectivity index (χ0v) is 13.5. The van der Waals surface area contributed by atoms with Crippen molar-refractivity contribution in [2.45, 2.75) is 32.5 Å². The second-order valence-electron chi connectivity index (χ2n) is 6.01. The van der Waals surface area contributed by atoms with Gasteiger partial charge in [0.05, 0.1) is 5.54 Å². The molecule has 22 heavy (non-hydrogen) atoms. The van der Waals surface area contributed by atoms with E-state index in [-0.39, 0.29) is 5.91 Å². The number of hydrogen-bond donors (Lipinski definition) is 1.